The van der Waals surface area contributed by atoms with Crippen LogP contribution in [0.3, 0.4) is 0 Å². The molecule has 31 heavy (non-hydrogen) atoms. The number of fused-ring (bicyclic) bond motifs is 1. The van der Waals surface area contributed by atoms with Crippen molar-refractivity contribution in [1.29, 1.82) is 0 Å². The van der Waals surface area contributed by atoms with Crippen LogP contribution in [-0.4, -0.2) is 28.4 Å². The second-order valence-electron chi connectivity index (χ2n) is 7.40. The van der Waals surface area contributed by atoms with Crippen molar-refractivity contribution in [3.8, 4) is 0 Å². The highest BCUT2D eigenvalue weighted by molar-refractivity contribution is 7.92. The van der Waals surface area contributed by atoms with E-state index in [1.165, 1.54) is 0 Å². The van der Waals surface area contributed by atoms with Crippen LogP contribution in [0.1, 0.15) is 30.1 Å². The highest BCUT2D eigenvalue weighted by Gasteiger charge is 2.23. The molecule has 2 aromatic heterocycles. The van der Waals surface area contributed by atoms with Gasteiger partial charge in [0.2, 0.25) is 0 Å². The number of benzene rings is 2. The average Bonchev–Trinajstić information content (AvgIpc) is 3.32. The number of aromatic nitrogens is 4. The number of hydrogen-bond acceptors (Lipinski definition) is 4. The summed E-state index contributed by atoms with van der Waals surface area (Å²) < 4.78 is 56.3. The van der Waals surface area contributed by atoms with Crippen LogP contribution in [0.5, 0.6) is 0 Å². The zero-order chi connectivity index (χ0) is 21.6. The van der Waals surface area contributed by atoms with Crippen LogP contribution in [0.25, 0.3) is 23.1 Å². The summed E-state index contributed by atoms with van der Waals surface area (Å²) in [6, 6.07) is 7.46. The molecule has 0 bridgehead atoms. The first-order valence-electron chi connectivity index (χ1n) is 9.57. The number of rotatable bonds is 6. The lowest BCUT2D eigenvalue weighted by Gasteiger charge is -2.08. The van der Waals surface area contributed by atoms with Crippen LogP contribution in [0.4, 0.5) is 14.5 Å². The zero-order valence-electron chi connectivity index (χ0n) is 16.1. The van der Waals surface area contributed by atoms with Crippen molar-refractivity contribution in [3.63, 3.8) is 0 Å². The Morgan fingerprint density at radius 1 is 1.10 bits per heavy atom. The molecule has 5 rings (SSSR count). The van der Waals surface area contributed by atoms with E-state index in [1.807, 2.05) is 23.0 Å². The fourth-order valence-electron chi connectivity index (χ4n) is 3.28. The first-order chi connectivity index (χ1) is 14.9. The largest absolute Gasteiger partial charge is 0.280 e. The Morgan fingerprint density at radius 2 is 1.87 bits per heavy atom. The highest BCUT2D eigenvalue weighted by Crippen LogP contribution is 2.34. The molecule has 1 aliphatic carbocycles. The molecule has 1 saturated carbocycles. The maximum Gasteiger partial charge on any atom is 0.262 e. The molecule has 4 aromatic rings. The van der Waals surface area contributed by atoms with Gasteiger partial charge in [-0.2, -0.15) is 10.2 Å². The summed E-state index contributed by atoms with van der Waals surface area (Å²) in [6.07, 6.45) is 9.74. The Labute approximate surface area is 176 Å². The maximum absolute atomic E-state index is 13.4. The molecule has 0 spiro atoms. The summed E-state index contributed by atoms with van der Waals surface area (Å²) in [6.45, 7) is 0. The van der Waals surface area contributed by atoms with Crippen LogP contribution in [0, 0.1) is 11.6 Å². The third kappa shape index (κ3) is 4.06. The van der Waals surface area contributed by atoms with Crippen molar-refractivity contribution in [2.45, 2.75) is 23.8 Å². The smallest absolute Gasteiger partial charge is 0.262 e. The van der Waals surface area contributed by atoms with Gasteiger partial charge in [-0.05, 0) is 55.3 Å². The fraction of sp³-hybridized carbons (Fsp3) is 0.143. The van der Waals surface area contributed by atoms with Crippen LogP contribution >= 0.6 is 0 Å². The summed E-state index contributed by atoms with van der Waals surface area (Å²) in [5.41, 5.74) is 2.52. The van der Waals surface area contributed by atoms with Gasteiger partial charge in [0.15, 0.2) is 0 Å². The summed E-state index contributed by atoms with van der Waals surface area (Å²) in [5, 5.41) is 12.2. The lowest BCUT2D eigenvalue weighted by atomic mass is 10.1. The Bertz CT molecular complexity index is 1400. The Kier molecular flexibility index (Phi) is 4.58. The van der Waals surface area contributed by atoms with Crippen LogP contribution < -0.4 is 4.72 Å². The molecule has 1 fully saturated rings. The molecule has 0 saturated heterocycles. The molecular weight excluding hydrogens is 424 g/mol. The van der Waals surface area contributed by atoms with Gasteiger partial charge in [0, 0.05) is 28.9 Å². The molecule has 0 amide bonds. The molecule has 2 N–H and O–H groups in total. The van der Waals surface area contributed by atoms with Gasteiger partial charge in [-0.25, -0.2) is 17.2 Å². The first-order valence-corrected chi connectivity index (χ1v) is 11.0. The highest BCUT2D eigenvalue weighted by atomic mass is 32.2. The second-order valence-corrected chi connectivity index (χ2v) is 9.08. The topological polar surface area (TPSA) is 92.7 Å². The summed E-state index contributed by atoms with van der Waals surface area (Å²) in [4.78, 5) is -0.495. The van der Waals surface area contributed by atoms with Crippen molar-refractivity contribution in [2.24, 2.45) is 0 Å². The van der Waals surface area contributed by atoms with Crippen molar-refractivity contribution in [1.82, 2.24) is 20.0 Å². The summed E-state index contributed by atoms with van der Waals surface area (Å²) in [7, 11) is -4.17. The number of sulfonamides is 1. The first kappa shape index (κ1) is 19.4. The predicted molar refractivity (Wildman–Crippen MR) is 113 cm³/mol. The number of hydrogen-bond donors (Lipinski definition) is 2. The van der Waals surface area contributed by atoms with E-state index in [0.717, 1.165) is 30.5 Å². The van der Waals surface area contributed by atoms with Gasteiger partial charge in [0.25, 0.3) is 10.0 Å². The molecule has 0 radical (unpaired) electrons. The molecule has 0 unspecified atom stereocenters. The van der Waals surface area contributed by atoms with E-state index < -0.39 is 26.6 Å². The molecule has 2 aromatic carbocycles. The van der Waals surface area contributed by atoms with Crippen molar-refractivity contribution in [2.75, 3.05) is 4.72 Å². The zero-order valence-corrected chi connectivity index (χ0v) is 16.9. The van der Waals surface area contributed by atoms with E-state index >= 15 is 0 Å². The number of H-pyrrole nitrogens is 1. The molecule has 7 nitrogen and oxygen atoms in total. The Morgan fingerprint density at radius 3 is 2.61 bits per heavy atom. The van der Waals surface area contributed by atoms with Gasteiger partial charge in [0.05, 0.1) is 28.3 Å². The lowest BCUT2D eigenvalue weighted by molar-refractivity contribution is 0.568. The van der Waals surface area contributed by atoms with Gasteiger partial charge in [-0.1, -0.05) is 0 Å². The molecule has 0 atom stereocenters. The van der Waals surface area contributed by atoms with Gasteiger partial charge in [0.1, 0.15) is 11.6 Å². The van der Waals surface area contributed by atoms with Gasteiger partial charge in [-0.15, -0.1) is 0 Å². The second kappa shape index (κ2) is 7.31. The molecule has 0 aliphatic heterocycles. The fourth-order valence-corrected chi connectivity index (χ4v) is 4.37. The molecule has 10 heteroatoms. The van der Waals surface area contributed by atoms with E-state index in [0.29, 0.717) is 28.7 Å². The quantitative estimate of drug-likeness (QED) is 0.465. The van der Waals surface area contributed by atoms with Crippen LogP contribution in [0.15, 0.2) is 53.7 Å². The minimum Gasteiger partial charge on any atom is -0.280 e. The third-order valence-electron chi connectivity index (χ3n) is 4.97. The maximum atomic E-state index is 13.4. The Balaban J connectivity index is 1.42. The SMILES string of the molecule is O=S(=O)(Nc1ccc2[nH]nc(/C=C/c3cnn(C4CC4)c3)c2c1)c1cc(F)cc(F)c1. The number of anilines is 1. The molecular formula is C21H17F2N5O2S. The van der Waals surface area contributed by atoms with Crippen molar-refractivity contribution in [3.05, 3.63) is 71.7 Å². The lowest BCUT2D eigenvalue weighted by Crippen LogP contribution is -2.13. The van der Waals surface area contributed by atoms with E-state index in [9.17, 15) is 17.2 Å². The number of aromatic amines is 1. The van der Waals surface area contributed by atoms with Crippen LogP contribution in [-0.2, 0) is 10.0 Å². The van der Waals surface area contributed by atoms with Gasteiger partial charge in [-0.3, -0.25) is 14.5 Å². The normalized spacial score (nSPS) is 14.5. The average molecular weight is 441 g/mol. The minimum atomic E-state index is -4.17. The monoisotopic (exact) mass is 441 g/mol. The number of nitrogens with zero attached hydrogens (tertiary/aromatic N) is 3. The molecule has 2 heterocycles. The van der Waals surface area contributed by atoms with Crippen molar-refractivity contribution >= 4 is 38.8 Å². The number of nitrogens with one attached hydrogen (secondary N) is 2. The predicted octanol–water partition coefficient (Wildman–Crippen LogP) is 4.34. The van der Waals surface area contributed by atoms with E-state index in [2.05, 4.69) is 20.0 Å². The van der Waals surface area contributed by atoms with Gasteiger partial charge >= 0.3 is 0 Å². The molecule has 1 aliphatic rings. The molecule has 158 valence electrons. The van der Waals surface area contributed by atoms with Crippen LogP contribution in [0.2, 0.25) is 0 Å². The van der Waals surface area contributed by atoms with Gasteiger partial charge < -0.3 is 0 Å². The van der Waals surface area contributed by atoms with E-state index in [-0.39, 0.29) is 5.69 Å². The standard InChI is InChI=1S/C21H17F2N5O2S/c22-14-7-15(23)9-18(8-14)31(29,30)27-16-2-6-21-19(10-16)20(25-26-21)5-1-13-11-24-28(12-13)17-3-4-17/h1-2,5-12,17,27H,3-4H2,(H,25,26)/b5-1+. The Hall–Kier alpha value is -3.53. The summed E-state index contributed by atoms with van der Waals surface area (Å²) in [5.74, 6) is -1.94. The number of halogens is 2. The van der Waals surface area contributed by atoms with Crippen molar-refractivity contribution < 1.29 is 17.2 Å². The van der Waals surface area contributed by atoms with E-state index in [4.69, 9.17) is 0 Å². The van der Waals surface area contributed by atoms with E-state index in [1.54, 1.807) is 24.4 Å². The third-order valence-corrected chi connectivity index (χ3v) is 6.33. The minimum absolute atomic E-state index is 0.245. The summed E-state index contributed by atoms with van der Waals surface area (Å²) >= 11 is 0.